The fraction of sp³-hybridized carbons (Fsp3) is 1.00. The van der Waals surface area contributed by atoms with Crippen LogP contribution in [0.15, 0.2) is 0 Å². The van der Waals surface area contributed by atoms with Crippen molar-refractivity contribution in [3.8, 4) is 0 Å². The zero-order valence-corrected chi connectivity index (χ0v) is 10.7. The molecular weight excluding hydrogens is 200 g/mol. The molecular formula is C14H24S. The highest BCUT2D eigenvalue weighted by molar-refractivity contribution is 8.08. The van der Waals surface area contributed by atoms with Crippen molar-refractivity contribution < 1.29 is 0 Å². The largest absolute Gasteiger partial charge is 0.149 e. The van der Waals surface area contributed by atoms with Crippen LogP contribution in [0.3, 0.4) is 0 Å². The van der Waals surface area contributed by atoms with Crippen molar-refractivity contribution in [2.24, 2.45) is 5.92 Å². The molecule has 86 valence electrons. The summed E-state index contributed by atoms with van der Waals surface area (Å²) < 4.78 is 0.806. The molecule has 2 unspecified atom stereocenters. The molecule has 3 rings (SSSR count). The van der Waals surface area contributed by atoms with Crippen molar-refractivity contribution >= 4 is 11.8 Å². The lowest BCUT2D eigenvalue weighted by molar-refractivity contribution is 0.349. The van der Waals surface area contributed by atoms with Crippen LogP contribution >= 0.6 is 11.8 Å². The van der Waals surface area contributed by atoms with Crippen LogP contribution in [0.5, 0.6) is 0 Å². The number of rotatable bonds is 1. The van der Waals surface area contributed by atoms with Crippen LogP contribution in [0, 0.1) is 5.92 Å². The minimum absolute atomic E-state index is 0.806. The Labute approximate surface area is 98.6 Å². The minimum Gasteiger partial charge on any atom is -0.149 e. The maximum Gasteiger partial charge on any atom is 0.0310 e. The zero-order valence-electron chi connectivity index (χ0n) is 9.84. The summed E-state index contributed by atoms with van der Waals surface area (Å²) in [5, 5.41) is 1.09. The highest BCUT2D eigenvalue weighted by Crippen LogP contribution is 2.66. The van der Waals surface area contributed by atoms with Crippen LogP contribution in [0.2, 0.25) is 0 Å². The molecule has 2 aliphatic carbocycles. The molecule has 2 atom stereocenters. The van der Waals surface area contributed by atoms with E-state index < -0.39 is 0 Å². The third kappa shape index (κ3) is 1.97. The predicted octanol–water partition coefficient (Wildman–Crippen LogP) is 4.78. The van der Waals surface area contributed by atoms with Gasteiger partial charge in [0.1, 0.15) is 0 Å². The summed E-state index contributed by atoms with van der Waals surface area (Å²) in [6, 6.07) is 0. The van der Waals surface area contributed by atoms with Gasteiger partial charge < -0.3 is 0 Å². The van der Waals surface area contributed by atoms with Gasteiger partial charge >= 0.3 is 0 Å². The van der Waals surface area contributed by atoms with Crippen molar-refractivity contribution in [2.45, 2.75) is 80.6 Å². The predicted molar refractivity (Wildman–Crippen MR) is 68.4 cm³/mol. The van der Waals surface area contributed by atoms with Gasteiger partial charge in [0.2, 0.25) is 0 Å². The van der Waals surface area contributed by atoms with Crippen LogP contribution in [0.25, 0.3) is 0 Å². The molecule has 3 fully saturated rings. The Kier molecular flexibility index (Phi) is 3.02. The van der Waals surface area contributed by atoms with Gasteiger partial charge in [0.25, 0.3) is 0 Å². The van der Waals surface area contributed by atoms with E-state index in [9.17, 15) is 0 Å². The summed E-state index contributed by atoms with van der Waals surface area (Å²) in [4.78, 5) is 0. The molecule has 15 heavy (non-hydrogen) atoms. The van der Waals surface area contributed by atoms with Gasteiger partial charge in [0.05, 0.1) is 0 Å². The highest BCUT2D eigenvalue weighted by atomic mass is 32.2. The van der Waals surface area contributed by atoms with E-state index in [-0.39, 0.29) is 0 Å². The second-order valence-electron chi connectivity index (χ2n) is 5.85. The van der Waals surface area contributed by atoms with E-state index in [1.165, 1.54) is 44.9 Å². The first-order valence-corrected chi connectivity index (χ1v) is 7.98. The van der Waals surface area contributed by atoms with Gasteiger partial charge in [-0.15, -0.1) is 11.8 Å². The number of thioether (sulfide) groups is 1. The quantitative estimate of drug-likeness (QED) is 0.456. The van der Waals surface area contributed by atoms with Gasteiger partial charge in [-0.3, -0.25) is 0 Å². The van der Waals surface area contributed by atoms with Gasteiger partial charge in [0, 0.05) is 10.00 Å². The van der Waals surface area contributed by atoms with Crippen molar-refractivity contribution in [1.29, 1.82) is 0 Å². The maximum atomic E-state index is 2.38. The maximum absolute atomic E-state index is 2.38. The molecule has 1 heteroatoms. The standard InChI is InChI=1S/C14H24S/c1-2-5-9-12(8-4-1)14-11-7-3-6-10-13(14)15-14/h12-13H,1-11H2. The first kappa shape index (κ1) is 10.5. The van der Waals surface area contributed by atoms with Gasteiger partial charge in [-0.25, -0.2) is 0 Å². The fourth-order valence-electron chi connectivity index (χ4n) is 3.99. The molecule has 0 aromatic heterocycles. The Morgan fingerprint density at radius 1 is 0.733 bits per heavy atom. The van der Waals surface area contributed by atoms with E-state index in [4.69, 9.17) is 0 Å². The molecule has 1 heterocycles. The average molecular weight is 224 g/mol. The highest BCUT2D eigenvalue weighted by Gasteiger charge is 2.58. The lowest BCUT2D eigenvalue weighted by atomic mass is 9.81. The average Bonchev–Trinajstić information content (AvgIpc) is 2.98. The van der Waals surface area contributed by atoms with E-state index in [1.54, 1.807) is 25.7 Å². The summed E-state index contributed by atoms with van der Waals surface area (Å²) in [5.74, 6) is 1.10. The molecule has 0 bridgehead atoms. The number of hydrogen-bond donors (Lipinski definition) is 0. The molecule has 1 aliphatic heterocycles. The van der Waals surface area contributed by atoms with E-state index in [0.29, 0.717) is 0 Å². The SMILES string of the molecule is C1CCCC(C23CCCCCC2S3)CC1. The fourth-order valence-corrected chi connectivity index (χ4v) is 5.86. The van der Waals surface area contributed by atoms with Crippen LogP contribution in [0.1, 0.15) is 70.6 Å². The monoisotopic (exact) mass is 224 g/mol. The molecule has 0 aromatic carbocycles. The molecule has 0 amide bonds. The van der Waals surface area contributed by atoms with E-state index in [1.807, 2.05) is 0 Å². The van der Waals surface area contributed by atoms with Gasteiger partial charge in [-0.05, 0) is 31.6 Å². The molecule has 0 aromatic rings. The number of hydrogen-bond acceptors (Lipinski definition) is 1. The van der Waals surface area contributed by atoms with Crippen LogP contribution in [0.4, 0.5) is 0 Å². The van der Waals surface area contributed by atoms with E-state index in [0.717, 1.165) is 15.9 Å². The van der Waals surface area contributed by atoms with E-state index >= 15 is 0 Å². The Hall–Kier alpha value is 0.350. The van der Waals surface area contributed by atoms with Crippen molar-refractivity contribution in [3.05, 3.63) is 0 Å². The van der Waals surface area contributed by atoms with E-state index in [2.05, 4.69) is 11.8 Å². The third-order valence-corrected chi connectivity index (χ3v) is 6.88. The summed E-state index contributed by atoms with van der Waals surface area (Å²) >= 11 is 2.38. The van der Waals surface area contributed by atoms with Crippen molar-refractivity contribution in [3.63, 3.8) is 0 Å². The zero-order chi connectivity index (χ0) is 10.1. The molecule has 0 nitrogen and oxygen atoms in total. The van der Waals surface area contributed by atoms with Crippen LogP contribution in [-0.2, 0) is 0 Å². The first-order chi connectivity index (χ1) is 7.42. The Balaban J connectivity index is 1.69. The Morgan fingerprint density at radius 3 is 2.20 bits per heavy atom. The third-order valence-electron chi connectivity index (χ3n) is 4.93. The second kappa shape index (κ2) is 4.31. The van der Waals surface area contributed by atoms with Gasteiger partial charge in [-0.2, -0.15) is 0 Å². The van der Waals surface area contributed by atoms with Crippen LogP contribution < -0.4 is 0 Å². The van der Waals surface area contributed by atoms with Gasteiger partial charge in [-0.1, -0.05) is 44.9 Å². The lowest BCUT2D eigenvalue weighted by Gasteiger charge is -2.24. The second-order valence-corrected chi connectivity index (χ2v) is 7.41. The minimum atomic E-state index is 0.806. The number of fused-ring (bicyclic) bond motifs is 1. The summed E-state index contributed by atoms with van der Waals surface area (Å²) in [7, 11) is 0. The van der Waals surface area contributed by atoms with Crippen LogP contribution in [-0.4, -0.2) is 10.00 Å². The smallest absolute Gasteiger partial charge is 0.0310 e. The molecule has 0 radical (unpaired) electrons. The molecule has 1 saturated heterocycles. The topological polar surface area (TPSA) is 0 Å². The van der Waals surface area contributed by atoms with Crippen molar-refractivity contribution in [2.75, 3.05) is 0 Å². The molecule has 2 saturated carbocycles. The Bertz CT molecular complexity index is 217. The summed E-state index contributed by atoms with van der Waals surface area (Å²) in [6.45, 7) is 0. The van der Waals surface area contributed by atoms with Crippen molar-refractivity contribution in [1.82, 2.24) is 0 Å². The van der Waals surface area contributed by atoms with Gasteiger partial charge in [0.15, 0.2) is 0 Å². The summed E-state index contributed by atoms with van der Waals surface area (Å²) in [5.41, 5.74) is 0. The Morgan fingerprint density at radius 2 is 1.40 bits per heavy atom. The summed E-state index contributed by atoms with van der Waals surface area (Å²) in [6.07, 6.45) is 16.9. The lowest BCUT2D eigenvalue weighted by Crippen LogP contribution is -2.25. The molecule has 0 spiro atoms. The first-order valence-electron chi connectivity index (χ1n) is 7.10. The molecule has 0 N–H and O–H groups in total. The molecule has 3 aliphatic rings. The normalized spacial score (nSPS) is 42.8.